The van der Waals surface area contributed by atoms with Gasteiger partial charge in [0.25, 0.3) is 0 Å². The molecule has 4 heteroatoms. The monoisotopic (exact) mass is 271 g/mol. The van der Waals surface area contributed by atoms with E-state index in [-0.39, 0.29) is 5.56 Å². The molecule has 1 rings (SSSR count). The molecule has 108 valence electrons. The number of aliphatic hydroxyl groups is 1. The van der Waals surface area contributed by atoms with Gasteiger partial charge in [0.2, 0.25) is 0 Å². The van der Waals surface area contributed by atoms with Crippen LogP contribution in [0.4, 0.5) is 8.78 Å². The molecule has 0 bridgehead atoms. The van der Waals surface area contributed by atoms with Crippen molar-refractivity contribution in [2.75, 3.05) is 19.6 Å². The van der Waals surface area contributed by atoms with Gasteiger partial charge in [-0.1, -0.05) is 32.9 Å². The highest BCUT2D eigenvalue weighted by atomic mass is 19.2. The van der Waals surface area contributed by atoms with Gasteiger partial charge in [-0.2, -0.15) is 0 Å². The maximum absolute atomic E-state index is 13.5. The van der Waals surface area contributed by atoms with E-state index in [1.807, 2.05) is 0 Å². The lowest BCUT2D eigenvalue weighted by Crippen LogP contribution is -2.29. The van der Waals surface area contributed by atoms with E-state index in [9.17, 15) is 13.9 Å². The predicted molar refractivity (Wildman–Crippen MR) is 72.9 cm³/mol. The molecule has 0 aliphatic carbocycles. The minimum Gasteiger partial charge on any atom is -0.388 e. The Morgan fingerprint density at radius 2 is 1.95 bits per heavy atom. The van der Waals surface area contributed by atoms with E-state index in [2.05, 4.69) is 25.7 Å². The van der Waals surface area contributed by atoms with Crippen LogP contribution in [0, 0.1) is 17.6 Å². The van der Waals surface area contributed by atoms with Crippen LogP contribution in [0.1, 0.15) is 38.9 Å². The lowest BCUT2D eigenvalue weighted by Gasteiger charge is -2.24. The third-order valence-corrected chi connectivity index (χ3v) is 3.13. The Morgan fingerprint density at radius 1 is 1.26 bits per heavy atom. The van der Waals surface area contributed by atoms with Crippen molar-refractivity contribution in [1.29, 1.82) is 0 Å². The molecule has 0 aromatic heterocycles. The topological polar surface area (TPSA) is 23.5 Å². The molecule has 0 amide bonds. The lowest BCUT2D eigenvalue weighted by atomic mass is 10.1. The quantitative estimate of drug-likeness (QED) is 0.822. The largest absolute Gasteiger partial charge is 0.388 e. The summed E-state index contributed by atoms with van der Waals surface area (Å²) >= 11 is 0. The third kappa shape index (κ3) is 4.88. The normalized spacial score (nSPS) is 13.3. The molecule has 0 aliphatic heterocycles. The van der Waals surface area contributed by atoms with E-state index in [0.717, 1.165) is 19.2 Å². The Kier molecular flexibility index (Phi) is 6.38. The van der Waals surface area contributed by atoms with Crippen molar-refractivity contribution in [3.05, 3.63) is 35.4 Å². The fourth-order valence-electron chi connectivity index (χ4n) is 2.13. The van der Waals surface area contributed by atoms with Crippen LogP contribution in [0.25, 0.3) is 0 Å². The Morgan fingerprint density at radius 3 is 2.53 bits per heavy atom. The first kappa shape index (κ1) is 16.1. The molecule has 0 aliphatic rings. The number of halogens is 2. The summed E-state index contributed by atoms with van der Waals surface area (Å²) in [7, 11) is 0. The Hall–Kier alpha value is -1.00. The van der Waals surface area contributed by atoms with Gasteiger partial charge in [-0.25, -0.2) is 8.78 Å². The standard InChI is InChI=1S/C15H23F2NO/c1-4-18(10-11(2)3)9-8-14(19)12-6-5-7-13(16)15(12)17/h5-7,11,14,19H,4,8-10H2,1-3H3. The second-order valence-electron chi connectivity index (χ2n) is 5.23. The summed E-state index contributed by atoms with van der Waals surface area (Å²) in [5.74, 6) is -1.31. The van der Waals surface area contributed by atoms with Gasteiger partial charge in [0.1, 0.15) is 0 Å². The Bertz CT molecular complexity index is 396. The highest BCUT2D eigenvalue weighted by Crippen LogP contribution is 2.22. The molecule has 2 nitrogen and oxygen atoms in total. The fourth-order valence-corrected chi connectivity index (χ4v) is 2.13. The smallest absolute Gasteiger partial charge is 0.164 e. The van der Waals surface area contributed by atoms with Crippen LogP contribution >= 0.6 is 0 Å². The molecule has 1 aromatic rings. The van der Waals surface area contributed by atoms with E-state index < -0.39 is 17.7 Å². The summed E-state index contributed by atoms with van der Waals surface area (Å²) in [5, 5.41) is 9.97. The van der Waals surface area contributed by atoms with Gasteiger partial charge in [-0.05, 0) is 24.9 Å². The zero-order valence-corrected chi connectivity index (χ0v) is 11.9. The maximum Gasteiger partial charge on any atom is 0.164 e. The summed E-state index contributed by atoms with van der Waals surface area (Å²) in [6.07, 6.45) is -0.557. The molecular weight excluding hydrogens is 248 g/mol. The van der Waals surface area contributed by atoms with Crippen LogP contribution < -0.4 is 0 Å². The van der Waals surface area contributed by atoms with E-state index in [1.165, 1.54) is 12.1 Å². The number of rotatable bonds is 7. The molecule has 0 spiro atoms. The minimum absolute atomic E-state index is 0.0422. The average Bonchev–Trinajstić information content (AvgIpc) is 2.37. The number of nitrogens with zero attached hydrogens (tertiary/aromatic N) is 1. The van der Waals surface area contributed by atoms with Crippen LogP contribution in [0.5, 0.6) is 0 Å². The van der Waals surface area contributed by atoms with Gasteiger partial charge in [0, 0.05) is 18.7 Å². The Balaban J connectivity index is 2.59. The summed E-state index contributed by atoms with van der Waals surface area (Å²) in [4.78, 5) is 2.20. The number of hydrogen-bond donors (Lipinski definition) is 1. The van der Waals surface area contributed by atoms with Crippen LogP contribution in [-0.4, -0.2) is 29.6 Å². The Labute approximate surface area is 114 Å². The zero-order valence-electron chi connectivity index (χ0n) is 11.9. The molecule has 0 saturated heterocycles. The van der Waals surface area contributed by atoms with E-state index in [1.54, 1.807) is 0 Å². The van der Waals surface area contributed by atoms with Crippen molar-refractivity contribution in [2.45, 2.75) is 33.3 Å². The zero-order chi connectivity index (χ0) is 14.4. The molecule has 19 heavy (non-hydrogen) atoms. The van der Waals surface area contributed by atoms with Crippen LogP contribution in [0.3, 0.4) is 0 Å². The van der Waals surface area contributed by atoms with Crippen molar-refractivity contribution in [3.63, 3.8) is 0 Å². The highest BCUT2D eigenvalue weighted by molar-refractivity contribution is 5.21. The summed E-state index contributed by atoms with van der Waals surface area (Å²) in [5.41, 5.74) is 0.0422. The molecule has 1 atom stereocenters. The SMILES string of the molecule is CCN(CCC(O)c1cccc(F)c1F)CC(C)C. The van der Waals surface area contributed by atoms with Crippen molar-refractivity contribution >= 4 is 0 Å². The van der Waals surface area contributed by atoms with E-state index in [4.69, 9.17) is 0 Å². The van der Waals surface area contributed by atoms with Crippen molar-refractivity contribution in [3.8, 4) is 0 Å². The summed E-state index contributed by atoms with van der Waals surface area (Å²) < 4.78 is 26.6. The minimum atomic E-state index is -0.961. The average molecular weight is 271 g/mol. The summed E-state index contributed by atoms with van der Waals surface area (Å²) in [6.45, 7) is 8.81. The second kappa shape index (κ2) is 7.56. The van der Waals surface area contributed by atoms with Gasteiger partial charge in [0.05, 0.1) is 6.10 Å². The predicted octanol–water partition coefficient (Wildman–Crippen LogP) is 3.37. The van der Waals surface area contributed by atoms with Gasteiger partial charge >= 0.3 is 0 Å². The molecule has 1 unspecified atom stereocenters. The molecule has 0 radical (unpaired) electrons. The van der Waals surface area contributed by atoms with Crippen LogP contribution in [-0.2, 0) is 0 Å². The van der Waals surface area contributed by atoms with Crippen molar-refractivity contribution in [2.24, 2.45) is 5.92 Å². The number of hydrogen-bond acceptors (Lipinski definition) is 2. The maximum atomic E-state index is 13.5. The highest BCUT2D eigenvalue weighted by Gasteiger charge is 2.16. The van der Waals surface area contributed by atoms with Crippen molar-refractivity contribution < 1.29 is 13.9 Å². The first-order valence-electron chi connectivity index (χ1n) is 6.80. The third-order valence-electron chi connectivity index (χ3n) is 3.13. The molecule has 0 heterocycles. The second-order valence-corrected chi connectivity index (χ2v) is 5.23. The molecule has 1 aromatic carbocycles. The van der Waals surface area contributed by atoms with Gasteiger partial charge in [-0.3, -0.25) is 0 Å². The number of aliphatic hydroxyl groups excluding tert-OH is 1. The van der Waals surface area contributed by atoms with Gasteiger partial charge < -0.3 is 10.0 Å². The lowest BCUT2D eigenvalue weighted by molar-refractivity contribution is 0.135. The molecule has 0 saturated carbocycles. The molecule has 1 N–H and O–H groups in total. The fraction of sp³-hybridized carbons (Fsp3) is 0.600. The van der Waals surface area contributed by atoms with Gasteiger partial charge in [-0.15, -0.1) is 0 Å². The van der Waals surface area contributed by atoms with E-state index >= 15 is 0 Å². The first-order valence-corrected chi connectivity index (χ1v) is 6.80. The molecular formula is C15H23F2NO. The van der Waals surface area contributed by atoms with Crippen LogP contribution in [0.2, 0.25) is 0 Å². The first-order chi connectivity index (χ1) is 8.95. The summed E-state index contributed by atoms with van der Waals surface area (Å²) in [6, 6.07) is 3.91. The van der Waals surface area contributed by atoms with Crippen molar-refractivity contribution in [1.82, 2.24) is 4.90 Å². The van der Waals surface area contributed by atoms with Gasteiger partial charge in [0.15, 0.2) is 11.6 Å². The van der Waals surface area contributed by atoms with Crippen LogP contribution in [0.15, 0.2) is 18.2 Å². The van der Waals surface area contributed by atoms with E-state index in [0.29, 0.717) is 18.9 Å². The number of benzene rings is 1. The molecule has 0 fully saturated rings.